The van der Waals surface area contributed by atoms with Gasteiger partial charge in [0, 0.05) is 6.04 Å². The van der Waals surface area contributed by atoms with Crippen LogP contribution in [0.4, 0.5) is 0 Å². The number of hydrogen-bond acceptors (Lipinski definition) is 6. The van der Waals surface area contributed by atoms with E-state index in [1.54, 1.807) is 32.0 Å². The molecule has 0 bridgehead atoms. The molecule has 29 heavy (non-hydrogen) atoms. The molecule has 0 fully saturated rings. The van der Waals surface area contributed by atoms with Crippen LogP contribution in [0.25, 0.3) is 0 Å². The predicted molar refractivity (Wildman–Crippen MR) is 112 cm³/mol. The van der Waals surface area contributed by atoms with Crippen molar-refractivity contribution in [2.75, 3.05) is 13.2 Å². The number of aryl methyl sites for hydroxylation is 1. The number of phenols is 1. The molecule has 2 rings (SSSR count). The first-order valence-electron chi connectivity index (χ1n) is 9.88. The van der Waals surface area contributed by atoms with Crippen molar-refractivity contribution < 1.29 is 24.5 Å². The number of aliphatic hydroxyl groups excluding tert-OH is 1. The number of rotatable bonds is 10. The van der Waals surface area contributed by atoms with Crippen molar-refractivity contribution in [2.24, 2.45) is 0 Å². The van der Waals surface area contributed by atoms with Gasteiger partial charge < -0.3 is 25.0 Å². The van der Waals surface area contributed by atoms with Gasteiger partial charge in [-0.3, -0.25) is 0 Å². The summed E-state index contributed by atoms with van der Waals surface area (Å²) >= 11 is 0. The van der Waals surface area contributed by atoms with Crippen LogP contribution < -0.4 is 10.1 Å². The number of carbonyl (C=O) groups is 1. The van der Waals surface area contributed by atoms with Crippen LogP contribution in [0.2, 0.25) is 0 Å². The normalized spacial score (nSPS) is 13.2. The number of carbonyl (C=O) groups excluding carboxylic acids is 1. The smallest absolute Gasteiger partial charge is 0.344 e. The molecule has 2 aromatic carbocycles. The van der Waals surface area contributed by atoms with Gasteiger partial charge in [-0.25, -0.2) is 4.79 Å². The van der Waals surface area contributed by atoms with Gasteiger partial charge in [-0.15, -0.1) is 0 Å². The van der Waals surface area contributed by atoms with Gasteiger partial charge in [0.2, 0.25) is 0 Å². The third-order valence-corrected chi connectivity index (χ3v) is 4.57. The summed E-state index contributed by atoms with van der Waals surface area (Å²) in [5.74, 6) is 0.432. The summed E-state index contributed by atoms with van der Waals surface area (Å²) in [6.07, 6.45) is -0.0156. The molecule has 0 saturated heterocycles. The van der Waals surface area contributed by atoms with Crippen LogP contribution in [0.1, 0.15) is 43.6 Å². The maximum absolute atomic E-state index is 11.5. The fraction of sp³-hybridized carbons (Fsp3) is 0.435. The number of aromatic hydroxyl groups is 1. The number of phenolic OH excluding ortho intramolecular Hbond substituents is 1. The quantitative estimate of drug-likeness (QED) is 0.530. The van der Waals surface area contributed by atoms with Gasteiger partial charge in [0.05, 0.1) is 12.2 Å². The highest BCUT2D eigenvalue weighted by atomic mass is 16.6. The van der Waals surface area contributed by atoms with Crippen molar-refractivity contribution >= 4 is 5.97 Å². The standard InChI is InChI=1S/C23H31NO5/c1-15(2)29-22(26)14-28-20-8-5-18(6-9-20)11-12-24-17(4)23(27)21-10-7-19(25)13-16(21)3/h5-10,13,15,17,23-25,27H,11-12,14H2,1-4H3/t17-,23-/m0/s1. The average Bonchev–Trinajstić information content (AvgIpc) is 2.66. The van der Waals surface area contributed by atoms with Crippen molar-refractivity contribution in [3.63, 3.8) is 0 Å². The average molecular weight is 402 g/mol. The second-order valence-corrected chi connectivity index (χ2v) is 7.45. The molecular weight excluding hydrogens is 370 g/mol. The molecule has 0 aliphatic heterocycles. The molecule has 0 saturated carbocycles. The Kier molecular flexibility index (Phi) is 8.49. The highest BCUT2D eigenvalue weighted by Gasteiger charge is 2.17. The Hall–Kier alpha value is -2.57. The lowest BCUT2D eigenvalue weighted by Crippen LogP contribution is -2.34. The monoisotopic (exact) mass is 401 g/mol. The summed E-state index contributed by atoms with van der Waals surface area (Å²) in [6, 6.07) is 12.4. The highest BCUT2D eigenvalue weighted by molar-refractivity contribution is 5.71. The molecular formula is C23H31NO5. The van der Waals surface area contributed by atoms with Crippen LogP contribution in [-0.2, 0) is 16.0 Å². The number of benzene rings is 2. The van der Waals surface area contributed by atoms with Crippen molar-refractivity contribution in [1.29, 1.82) is 0 Å². The third-order valence-electron chi connectivity index (χ3n) is 4.57. The molecule has 0 radical (unpaired) electrons. The van der Waals surface area contributed by atoms with Crippen LogP contribution in [0, 0.1) is 6.92 Å². The largest absolute Gasteiger partial charge is 0.508 e. The van der Waals surface area contributed by atoms with Crippen molar-refractivity contribution in [2.45, 2.75) is 52.4 Å². The Morgan fingerprint density at radius 2 is 1.79 bits per heavy atom. The molecule has 0 aliphatic rings. The summed E-state index contributed by atoms with van der Waals surface area (Å²) in [5, 5.41) is 23.4. The lowest BCUT2D eigenvalue weighted by molar-refractivity contribution is -0.149. The first-order chi connectivity index (χ1) is 13.8. The molecule has 3 N–H and O–H groups in total. The van der Waals surface area contributed by atoms with Gasteiger partial charge in [-0.2, -0.15) is 0 Å². The molecule has 0 aliphatic carbocycles. The number of aliphatic hydroxyl groups is 1. The maximum Gasteiger partial charge on any atom is 0.344 e. The van der Waals surface area contributed by atoms with Gasteiger partial charge in [-0.05, 0) is 81.6 Å². The minimum Gasteiger partial charge on any atom is -0.508 e. The Balaban J connectivity index is 1.77. The van der Waals surface area contributed by atoms with E-state index in [1.165, 1.54) is 0 Å². The van der Waals surface area contributed by atoms with Crippen molar-refractivity contribution in [1.82, 2.24) is 5.32 Å². The van der Waals surface area contributed by atoms with Crippen molar-refractivity contribution in [3.05, 3.63) is 59.2 Å². The number of hydrogen-bond donors (Lipinski definition) is 3. The Morgan fingerprint density at radius 3 is 2.41 bits per heavy atom. The zero-order valence-corrected chi connectivity index (χ0v) is 17.5. The second kappa shape index (κ2) is 10.8. The van der Waals surface area contributed by atoms with E-state index in [2.05, 4.69) is 5.32 Å². The third kappa shape index (κ3) is 7.40. The molecule has 0 heterocycles. The van der Waals surface area contributed by atoms with Crippen molar-refractivity contribution in [3.8, 4) is 11.5 Å². The van der Waals surface area contributed by atoms with E-state index in [0.29, 0.717) is 12.3 Å². The minimum atomic E-state index is -0.656. The van der Waals surface area contributed by atoms with Crippen LogP contribution in [0.3, 0.4) is 0 Å². The number of nitrogens with one attached hydrogen (secondary N) is 1. The molecule has 0 spiro atoms. The molecule has 2 atom stereocenters. The van der Waals surface area contributed by atoms with Crippen LogP contribution in [-0.4, -0.2) is 41.5 Å². The van der Waals surface area contributed by atoms with Crippen LogP contribution >= 0.6 is 0 Å². The van der Waals surface area contributed by atoms with E-state index >= 15 is 0 Å². The van der Waals surface area contributed by atoms with Gasteiger partial charge in [0.1, 0.15) is 11.5 Å². The number of esters is 1. The van der Waals surface area contributed by atoms with Gasteiger partial charge in [0.15, 0.2) is 6.61 Å². The first kappa shape index (κ1) is 22.7. The summed E-state index contributed by atoms with van der Waals surface area (Å²) in [6.45, 7) is 8.00. The summed E-state index contributed by atoms with van der Waals surface area (Å²) in [7, 11) is 0. The molecule has 0 amide bonds. The predicted octanol–water partition coefficient (Wildman–Crippen LogP) is 3.29. The van der Waals surface area contributed by atoms with E-state index in [4.69, 9.17) is 9.47 Å². The Bertz CT molecular complexity index is 788. The maximum atomic E-state index is 11.5. The van der Waals surface area contributed by atoms with Crippen LogP contribution in [0.5, 0.6) is 11.5 Å². The Morgan fingerprint density at radius 1 is 1.10 bits per heavy atom. The molecule has 0 aromatic heterocycles. The van der Waals surface area contributed by atoms with Gasteiger partial charge >= 0.3 is 5.97 Å². The summed E-state index contributed by atoms with van der Waals surface area (Å²) in [5.41, 5.74) is 2.79. The summed E-state index contributed by atoms with van der Waals surface area (Å²) in [4.78, 5) is 11.5. The molecule has 6 nitrogen and oxygen atoms in total. The lowest BCUT2D eigenvalue weighted by atomic mass is 9.98. The van der Waals surface area contributed by atoms with Gasteiger partial charge in [-0.1, -0.05) is 18.2 Å². The van der Waals surface area contributed by atoms with Gasteiger partial charge in [0.25, 0.3) is 0 Å². The molecule has 0 unspecified atom stereocenters. The van der Waals surface area contributed by atoms with E-state index in [0.717, 1.165) is 23.1 Å². The Labute approximate surface area is 172 Å². The molecule has 2 aromatic rings. The fourth-order valence-corrected chi connectivity index (χ4v) is 3.01. The highest BCUT2D eigenvalue weighted by Crippen LogP contribution is 2.24. The topological polar surface area (TPSA) is 88.0 Å². The summed E-state index contributed by atoms with van der Waals surface area (Å²) < 4.78 is 10.5. The lowest BCUT2D eigenvalue weighted by Gasteiger charge is -2.22. The van der Waals surface area contributed by atoms with E-state index in [-0.39, 0.29) is 30.5 Å². The SMILES string of the molecule is Cc1cc(O)ccc1[C@@H](O)[C@H](C)NCCc1ccc(OCC(=O)OC(C)C)cc1. The van der Waals surface area contributed by atoms with E-state index < -0.39 is 6.10 Å². The zero-order valence-electron chi connectivity index (χ0n) is 17.5. The van der Waals surface area contributed by atoms with E-state index in [9.17, 15) is 15.0 Å². The first-order valence-corrected chi connectivity index (χ1v) is 9.88. The van der Waals surface area contributed by atoms with Crippen LogP contribution in [0.15, 0.2) is 42.5 Å². The minimum absolute atomic E-state index is 0.106. The number of ether oxygens (including phenoxy) is 2. The molecule has 158 valence electrons. The van der Waals surface area contributed by atoms with E-state index in [1.807, 2.05) is 38.1 Å². The second-order valence-electron chi connectivity index (χ2n) is 7.45. The molecule has 6 heteroatoms. The fourth-order valence-electron chi connectivity index (χ4n) is 3.01. The zero-order chi connectivity index (χ0) is 21.4.